The van der Waals surface area contributed by atoms with Crippen molar-refractivity contribution in [2.24, 2.45) is 0 Å². The highest BCUT2D eigenvalue weighted by atomic mass is 16.2. The number of hydrogen-bond donors (Lipinski definition) is 2. The fraction of sp³-hybridized carbons (Fsp3) is 0.391. The van der Waals surface area contributed by atoms with Crippen molar-refractivity contribution in [3.8, 4) is 0 Å². The summed E-state index contributed by atoms with van der Waals surface area (Å²) in [4.78, 5) is 26.7. The molecule has 0 aliphatic rings. The third-order valence-corrected chi connectivity index (χ3v) is 4.36. The van der Waals surface area contributed by atoms with E-state index >= 15 is 0 Å². The number of nitrogens with one attached hydrogen (secondary N) is 2. The zero-order chi connectivity index (χ0) is 20.2. The van der Waals surface area contributed by atoms with Crippen LogP contribution in [0.1, 0.15) is 38.7 Å². The van der Waals surface area contributed by atoms with E-state index in [2.05, 4.69) is 29.4 Å². The number of nitrogens with zero attached hydrogens (tertiary/aromatic N) is 1. The average molecular weight is 382 g/mol. The Balaban J connectivity index is 1.85. The van der Waals surface area contributed by atoms with E-state index in [1.54, 1.807) is 6.07 Å². The highest BCUT2D eigenvalue weighted by molar-refractivity contribution is 5.94. The van der Waals surface area contributed by atoms with Crippen molar-refractivity contribution < 1.29 is 9.59 Å². The predicted molar refractivity (Wildman–Crippen MR) is 115 cm³/mol. The molecule has 0 unspecified atom stereocenters. The summed E-state index contributed by atoms with van der Waals surface area (Å²) in [6.07, 6.45) is 3.17. The van der Waals surface area contributed by atoms with E-state index in [9.17, 15) is 9.59 Å². The third kappa shape index (κ3) is 7.92. The Morgan fingerprint density at radius 3 is 2.04 bits per heavy atom. The summed E-state index contributed by atoms with van der Waals surface area (Å²) < 4.78 is 0. The van der Waals surface area contributed by atoms with Crippen molar-refractivity contribution in [1.29, 1.82) is 0 Å². The van der Waals surface area contributed by atoms with Crippen LogP contribution in [0, 0.1) is 0 Å². The van der Waals surface area contributed by atoms with Crippen molar-refractivity contribution in [3.05, 3.63) is 60.2 Å². The van der Waals surface area contributed by atoms with Gasteiger partial charge in [-0.05, 0) is 56.1 Å². The van der Waals surface area contributed by atoms with E-state index in [1.165, 1.54) is 0 Å². The highest BCUT2D eigenvalue weighted by Gasteiger charge is 2.10. The molecule has 0 spiro atoms. The van der Waals surface area contributed by atoms with Gasteiger partial charge in [0.25, 0.3) is 0 Å². The van der Waals surface area contributed by atoms with E-state index in [0.29, 0.717) is 30.8 Å². The first-order chi connectivity index (χ1) is 13.6. The van der Waals surface area contributed by atoms with Crippen molar-refractivity contribution >= 4 is 23.2 Å². The van der Waals surface area contributed by atoms with Crippen LogP contribution in [0.5, 0.6) is 0 Å². The number of rotatable bonds is 11. The van der Waals surface area contributed by atoms with Crippen molar-refractivity contribution in [2.45, 2.75) is 39.5 Å². The Kier molecular flexibility index (Phi) is 9.22. The van der Waals surface area contributed by atoms with Crippen molar-refractivity contribution in [2.75, 3.05) is 30.3 Å². The molecule has 2 amide bonds. The second-order valence-electron chi connectivity index (χ2n) is 6.94. The van der Waals surface area contributed by atoms with Gasteiger partial charge in [0.15, 0.2) is 0 Å². The van der Waals surface area contributed by atoms with Crippen LogP contribution in [0.2, 0.25) is 0 Å². The average Bonchev–Trinajstić information content (AvgIpc) is 2.68. The maximum Gasteiger partial charge on any atom is 0.238 e. The molecule has 0 fully saturated rings. The second kappa shape index (κ2) is 11.9. The molecule has 0 atom stereocenters. The molecule has 0 bridgehead atoms. The molecular formula is C23H31N3O2. The van der Waals surface area contributed by atoms with Gasteiger partial charge in [0, 0.05) is 17.8 Å². The van der Waals surface area contributed by atoms with Gasteiger partial charge >= 0.3 is 0 Å². The number of anilines is 2. The predicted octanol–water partition coefficient (Wildman–Crippen LogP) is 4.32. The normalized spacial score (nSPS) is 10.7. The van der Waals surface area contributed by atoms with E-state index in [1.807, 2.05) is 48.5 Å². The zero-order valence-electron chi connectivity index (χ0n) is 16.9. The fourth-order valence-corrected chi connectivity index (χ4v) is 3.11. The molecular weight excluding hydrogens is 350 g/mol. The molecule has 28 heavy (non-hydrogen) atoms. The van der Waals surface area contributed by atoms with Crippen molar-refractivity contribution in [3.63, 3.8) is 0 Å². The first-order valence-corrected chi connectivity index (χ1v) is 10.1. The lowest BCUT2D eigenvalue weighted by Gasteiger charge is -2.20. The summed E-state index contributed by atoms with van der Waals surface area (Å²) in [5.41, 5.74) is 2.52. The molecule has 2 aromatic carbocycles. The van der Waals surface area contributed by atoms with Crippen LogP contribution in [0.15, 0.2) is 54.6 Å². The summed E-state index contributed by atoms with van der Waals surface area (Å²) in [6, 6.07) is 17.2. The van der Waals surface area contributed by atoms with Crippen LogP contribution in [-0.4, -0.2) is 36.3 Å². The Morgan fingerprint density at radius 2 is 1.43 bits per heavy atom. The standard InChI is InChI=1S/C23H31N3O2/c1-3-15-26(16-4-2)18-23(28)25-21-12-8-11-20(17-21)24-22(27)14-13-19-9-6-5-7-10-19/h5-12,17H,3-4,13-16,18H2,1-2H3,(H,24,27)(H,25,28). The number of hydrogen-bond acceptors (Lipinski definition) is 3. The Labute approximate surface area is 168 Å². The maximum atomic E-state index is 12.3. The third-order valence-electron chi connectivity index (χ3n) is 4.36. The van der Waals surface area contributed by atoms with Gasteiger partial charge in [-0.15, -0.1) is 0 Å². The van der Waals surface area contributed by atoms with Crippen LogP contribution < -0.4 is 10.6 Å². The molecule has 2 N–H and O–H groups in total. The van der Waals surface area contributed by atoms with E-state index in [-0.39, 0.29) is 11.8 Å². The molecule has 5 heteroatoms. The molecule has 150 valence electrons. The van der Waals surface area contributed by atoms with Gasteiger partial charge < -0.3 is 10.6 Å². The zero-order valence-corrected chi connectivity index (χ0v) is 16.9. The van der Waals surface area contributed by atoms with E-state index < -0.39 is 0 Å². The lowest BCUT2D eigenvalue weighted by molar-refractivity contribution is -0.117. The number of amides is 2. The van der Waals surface area contributed by atoms with Crippen LogP contribution in [-0.2, 0) is 16.0 Å². The van der Waals surface area contributed by atoms with Gasteiger partial charge in [-0.3, -0.25) is 14.5 Å². The molecule has 0 aliphatic heterocycles. The van der Waals surface area contributed by atoms with Gasteiger partial charge in [-0.25, -0.2) is 0 Å². The van der Waals surface area contributed by atoms with Crippen LogP contribution in [0.25, 0.3) is 0 Å². The summed E-state index contributed by atoms with van der Waals surface area (Å²) in [6.45, 7) is 6.45. The van der Waals surface area contributed by atoms with Gasteiger partial charge in [-0.1, -0.05) is 50.2 Å². The topological polar surface area (TPSA) is 61.4 Å². The van der Waals surface area contributed by atoms with Gasteiger partial charge in [0.2, 0.25) is 11.8 Å². The van der Waals surface area contributed by atoms with E-state index in [4.69, 9.17) is 0 Å². The van der Waals surface area contributed by atoms with Gasteiger partial charge in [0.05, 0.1) is 6.54 Å². The summed E-state index contributed by atoms with van der Waals surface area (Å²) in [5, 5.41) is 5.84. The van der Waals surface area contributed by atoms with Crippen LogP contribution in [0.4, 0.5) is 11.4 Å². The summed E-state index contributed by atoms with van der Waals surface area (Å²) >= 11 is 0. The number of benzene rings is 2. The van der Waals surface area contributed by atoms with E-state index in [0.717, 1.165) is 31.5 Å². The van der Waals surface area contributed by atoms with Crippen LogP contribution in [0.3, 0.4) is 0 Å². The molecule has 0 saturated heterocycles. The molecule has 5 nitrogen and oxygen atoms in total. The Hall–Kier alpha value is -2.66. The first kappa shape index (κ1) is 21.6. The lowest BCUT2D eigenvalue weighted by Crippen LogP contribution is -2.34. The van der Waals surface area contributed by atoms with Gasteiger partial charge in [0.1, 0.15) is 0 Å². The molecule has 2 aromatic rings. The second-order valence-corrected chi connectivity index (χ2v) is 6.94. The van der Waals surface area contributed by atoms with Gasteiger partial charge in [-0.2, -0.15) is 0 Å². The molecule has 0 saturated carbocycles. The Bertz CT molecular complexity index is 741. The summed E-state index contributed by atoms with van der Waals surface area (Å²) in [5.74, 6) is -0.0705. The maximum absolute atomic E-state index is 12.3. The molecule has 0 aliphatic carbocycles. The monoisotopic (exact) mass is 381 g/mol. The minimum atomic E-state index is -0.0376. The Morgan fingerprint density at radius 1 is 0.821 bits per heavy atom. The number of carbonyl (C=O) groups excluding carboxylic acids is 2. The smallest absolute Gasteiger partial charge is 0.238 e. The number of aryl methyl sites for hydroxylation is 1. The minimum Gasteiger partial charge on any atom is -0.326 e. The minimum absolute atomic E-state index is 0.0329. The summed E-state index contributed by atoms with van der Waals surface area (Å²) in [7, 11) is 0. The number of carbonyl (C=O) groups is 2. The largest absolute Gasteiger partial charge is 0.326 e. The molecule has 0 radical (unpaired) electrons. The first-order valence-electron chi connectivity index (χ1n) is 10.1. The van der Waals surface area contributed by atoms with Crippen molar-refractivity contribution in [1.82, 2.24) is 4.90 Å². The SMILES string of the molecule is CCCN(CCC)CC(=O)Nc1cccc(NC(=O)CCc2ccccc2)c1. The fourth-order valence-electron chi connectivity index (χ4n) is 3.11. The molecule has 2 rings (SSSR count). The van der Waals surface area contributed by atoms with Crippen LogP contribution >= 0.6 is 0 Å². The quantitative estimate of drug-likeness (QED) is 0.609. The highest BCUT2D eigenvalue weighted by Crippen LogP contribution is 2.16. The molecule has 0 heterocycles. The molecule has 0 aromatic heterocycles. The lowest BCUT2D eigenvalue weighted by atomic mass is 10.1.